The molecule has 0 saturated heterocycles. The highest BCUT2D eigenvalue weighted by atomic mass is 16.3. The van der Waals surface area contributed by atoms with Crippen molar-refractivity contribution in [2.24, 2.45) is 0 Å². The van der Waals surface area contributed by atoms with E-state index in [1.165, 1.54) is 22.3 Å². The lowest BCUT2D eigenvalue weighted by Crippen LogP contribution is -2.00. The minimum Gasteiger partial charge on any atom is -0.456 e. The highest BCUT2D eigenvalue weighted by molar-refractivity contribution is 6.13. The summed E-state index contributed by atoms with van der Waals surface area (Å²) in [4.78, 5) is 15.3. The van der Waals surface area contributed by atoms with Gasteiger partial charge in [-0.1, -0.05) is 140 Å². The van der Waals surface area contributed by atoms with Gasteiger partial charge in [-0.25, -0.2) is 15.0 Å². The first-order valence-electron chi connectivity index (χ1n) is 18.7. The van der Waals surface area contributed by atoms with Gasteiger partial charge in [0.15, 0.2) is 17.5 Å². The molecule has 262 valence electrons. The molecule has 0 spiro atoms. The third kappa shape index (κ3) is 5.53. The van der Waals surface area contributed by atoms with E-state index in [2.05, 4.69) is 109 Å². The minimum absolute atomic E-state index is 0.576. The van der Waals surface area contributed by atoms with Crippen LogP contribution >= 0.6 is 0 Å². The van der Waals surface area contributed by atoms with Crippen LogP contribution in [0.4, 0.5) is 0 Å². The van der Waals surface area contributed by atoms with Crippen LogP contribution in [0.15, 0.2) is 197 Å². The van der Waals surface area contributed by atoms with Crippen molar-refractivity contribution in [2.45, 2.75) is 0 Å². The number of hydrogen-bond donors (Lipinski definition) is 0. The van der Waals surface area contributed by atoms with E-state index >= 15 is 0 Å². The Bertz CT molecular complexity index is 3240. The Labute approximate surface area is 322 Å². The van der Waals surface area contributed by atoms with Crippen molar-refractivity contribution in [3.63, 3.8) is 0 Å². The highest BCUT2D eigenvalue weighted by Gasteiger charge is 2.19. The molecule has 0 fully saturated rings. The molecule has 56 heavy (non-hydrogen) atoms. The summed E-state index contributed by atoms with van der Waals surface area (Å²) in [6.07, 6.45) is 0. The lowest BCUT2D eigenvalue weighted by atomic mass is 9.96. The molecule has 0 aliphatic heterocycles. The summed E-state index contributed by atoms with van der Waals surface area (Å²) < 4.78 is 12.6. The van der Waals surface area contributed by atoms with Crippen LogP contribution in [0.3, 0.4) is 0 Å². The molecule has 0 bridgehead atoms. The maximum atomic E-state index is 6.46. The standard InChI is InChI=1S/C51H31N3O2/c1-3-11-32(12-4-1)36-15-9-16-37(29-36)33-21-23-34(24-22-33)38-25-27-46-43(30-38)48-41(18-10-20-47(48)56-46)51-53-49(35-13-5-2-6-14-35)52-50(54-51)39-26-28-45-42(31-39)40-17-7-8-19-44(40)55-45/h1-31H. The average molecular weight is 718 g/mol. The number of rotatable bonds is 6. The number of para-hydroxylation sites is 1. The largest absolute Gasteiger partial charge is 0.456 e. The van der Waals surface area contributed by atoms with E-state index in [0.717, 1.165) is 71.7 Å². The normalized spacial score (nSPS) is 11.6. The fraction of sp³-hybridized carbons (Fsp3) is 0. The van der Waals surface area contributed by atoms with Gasteiger partial charge >= 0.3 is 0 Å². The topological polar surface area (TPSA) is 65.0 Å². The van der Waals surface area contributed by atoms with Crippen LogP contribution in [0.2, 0.25) is 0 Å². The van der Waals surface area contributed by atoms with E-state index in [-0.39, 0.29) is 0 Å². The van der Waals surface area contributed by atoms with Gasteiger partial charge in [0.2, 0.25) is 0 Å². The first kappa shape index (κ1) is 31.9. The zero-order chi connectivity index (χ0) is 37.0. The third-order valence-corrected chi connectivity index (χ3v) is 10.6. The maximum Gasteiger partial charge on any atom is 0.164 e. The van der Waals surface area contributed by atoms with Gasteiger partial charge < -0.3 is 8.83 Å². The number of nitrogens with zero attached hydrogens (tertiary/aromatic N) is 3. The number of fused-ring (bicyclic) bond motifs is 6. The Morgan fingerprint density at radius 2 is 0.732 bits per heavy atom. The molecule has 0 saturated carbocycles. The molecule has 11 aromatic rings. The van der Waals surface area contributed by atoms with E-state index in [1.54, 1.807) is 0 Å². The zero-order valence-corrected chi connectivity index (χ0v) is 30.1. The Balaban J connectivity index is 1.02. The van der Waals surface area contributed by atoms with Gasteiger partial charge in [0, 0.05) is 38.2 Å². The van der Waals surface area contributed by atoms with Gasteiger partial charge in [0.1, 0.15) is 22.3 Å². The average Bonchev–Trinajstić information content (AvgIpc) is 3.85. The van der Waals surface area contributed by atoms with Crippen LogP contribution in [0.5, 0.6) is 0 Å². The molecule has 0 N–H and O–H groups in total. The molecule has 5 heteroatoms. The number of benzene rings is 8. The van der Waals surface area contributed by atoms with Crippen molar-refractivity contribution in [3.05, 3.63) is 188 Å². The van der Waals surface area contributed by atoms with Gasteiger partial charge in [-0.15, -0.1) is 0 Å². The van der Waals surface area contributed by atoms with Crippen LogP contribution in [0, 0.1) is 0 Å². The molecule has 0 aliphatic rings. The van der Waals surface area contributed by atoms with Crippen molar-refractivity contribution in [2.75, 3.05) is 0 Å². The second kappa shape index (κ2) is 13.0. The van der Waals surface area contributed by atoms with Gasteiger partial charge in [-0.2, -0.15) is 0 Å². The second-order valence-electron chi connectivity index (χ2n) is 14.0. The fourth-order valence-electron chi connectivity index (χ4n) is 7.76. The smallest absolute Gasteiger partial charge is 0.164 e. The molecular weight excluding hydrogens is 687 g/mol. The summed E-state index contributed by atoms with van der Waals surface area (Å²) in [6.45, 7) is 0. The highest BCUT2D eigenvalue weighted by Crippen LogP contribution is 2.39. The van der Waals surface area contributed by atoms with Crippen LogP contribution in [-0.4, -0.2) is 15.0 Å². The summed E-state index contributed by atoms with van der Waals surface area (Å²) in [6, 6.07) is 64.7. The monoisotopic (exact) mass is 717 g/mol. The second-order valence-corrected chi connectivity index (χ2v) is 14.0. The van der Waals surface area contributed by atoms with Crippen LogP contribution in [-0.2, 0) is 0 Å². The predicted molar refractivity (Wildman–Crippen MR) is 227 cm³/mol. The van der Waals surface area contributed by atoms with Gasteiger partial charge in [0.25, 0.3) is 0 Å². The Morgan fingerprint density at radius 3 is 1.48 bits per heavy atom. The molecule has 8 aromatic carbocycles. The van der Waals surface area contributed by atoms with Crippen LogP contribution < -0.4 is 0 Å². The molecule has 5 nitrogen and oxygen atoms in total. The summed E-state index contributed by atoms with van der Waals surface area (Å²) in [7, 11) is 0. The Kier molecular flexibility index (Phi) is 7.42. The molecule has 0 aliphatic carbocycles. The molecule has 0 amide bonds. The SMILES string of the molecule is c1ccc(-c2cccc(-c3ccc(-c4ccc5oc6cccc(-c7nc(-c8ccccc8)nc(-c8ccc9oc%10ccccc%10c9c8)n7)c6c5c4)cc3)c2)cc1. The molecule has 3 aromatic heterocycles. The summed E-state index contributed by atoms with van der Waals surface area (Å²) in [5.74, 6) is 1.76. The molecule has 0 unspecified atom stereocenters. The minimum atomic E-state index is 0.576. The first-order chi connectivity index (χ1) is 27.7. The lowest BCUT2D eigenvalue weighted by Gasteiger charge is -2.10. The summed E-state index contributed by atoms with van der Waals surface area (Å²) in [5.41, 5.74) is 12.9. The lowest BCUT2D eigenvalue weighted by molar-refractivity contribution is 0.668. The van der Waals surface area contributed by atoms with Gasteiger partial charge in [-0.05, 0) is 81.9 Å². The van der Waals surface area contributed by atoms with E-state index < -0.39 is 0 Å². The van der Waals surface area contributed by atoms with Gasteiger partial charge in [-0.3, -0.25) is 0 Å². The van der Waals surface area contributed by atoms with Gasteiger partial charge in [0.05, 0.1) is 0 Å². The van der Waals surface area contributed by atoms with Crippen molar-refractivity contribution in [3.8, 4) is 67.5 Å². The molecule has 0 atom stereocenters. The van der Waals surface area contributed by atoms with Crippen LogP contribution in [0.25, 0.3) is 111 Å². The van der Waals surface area contributed by atoms with Crippen LogP contribution in [0.1, 0.15) is 0 Å². The van der Waals surface area contributed by atoms with E-state index in [9.17, 15) is 0 Å². The Hall–Kier alpha value is -7.63. The van der Waals surface area contributed by atoms with Crippen molar-refractivity contribution < 1.29 is 8.83 Å². The third-order valence-electron chi connectivity index (χ3n) is 10.6. The Morgan fingerprint density at radius 1 is 0.268 bits per heavy atom. The van der Waals surface area contributed by atoms with E-state index in [0.29, 0.717) is 17.5 Å². The predicted octanol–water partition coefficient (Wildman–Crippen LogP) is 13.7. The van der Waals surface area contributed by atoms with E-state index in [1.807, 2.05) is 78.9 Å². The van der Waals surface area contributed by atoms with Crippen molar-refractivity contribution in [1.82, 2.24) is 15.0 Å². The summed E-state index contributed by atoms with van der Waals surface area (Å²) in [5, 5.41) is 4.04. The molecular formula is C51H31N3O2. The van der Waals surface area contributed by atoms with E-state index in [4.69, 9.17) is 23.8 Å². The fourth-order valence-corrected chi connectivity index (χ4v) is 7.76. The maximum absolute atomic E-state index is 6.46. The summed E-state index contributed by atoms with van der Waals surface area (Å²) >= 11 is 0. The quantitative estimate of drug-likeness (QED) is 0.171. The zero-order valence-electron chi connectivity index (χ0n) is 30.1. The molecule has 0 radical (unpaired) electrons. The van der Waals surface area contributed by atoms with Crippen molar-refractivity contribution in [1.29, 1.82) is 0 Å². The molecule has 3 heterocycles. The molecule has 11 rings (SSSR count). The number of aromatic nitrogens is 3. The van der Waals surface area contributed by atoms with Crippen molar-refractivity contribution >= 4 is 43.9 Å². The number of hydrogen-bond acceptors (Lipinski definition) is 5. The first-order valence-corrected chi connectivity index (χ1v) is 18.7. The number of furan rings is 2.